The lowest BCUT2D eigenvalue weighted by molar-refractivity contribution is 0.0246. The number of anilines is 1. The van der Waals surface area contributed by atoms with Gasteiger partial charge in [0.2, 0.25) is 12.7 Å². The predicted molar refractivity (Wildman–Crippen MR) is 121 cm³/mol. The van der Waals surface area contributed by atoms with E-state index in [4.69, 9.17) is 10.5 Å². The Morgan fingerprint density at radius 1 is 1.29 bits per heavy atom. The van der Waals surface area contributed by atoms with Crippen LogP contribution in [-0.4, -0.2) is 61.2 Å². The number of carbonyl (C=O) groups is 1. The molecule has 0 fully saturated rings. The molecule has 1 aromatic carbocycles. The van der Waals surface area contributed by atoms with Gasteiger partial charge in [-0.25, -0.2) is 27.2 Å². The van der Waals surface area contributed by atoms with Crippen molar-refractivity contribution < 1.29 is 31.5 Å². The lowest BCUT2D eigenvalue weighted by atomic mass is 9.78. The number of nitrogens with two attached hydrogens (primary N) is 1. The second-order valence-corrected chi connectivity index (χ2v) is 10.7. The highest BCUT2D eigenvalue weighted by Gasteiger charge is 2.53. The van der Waals surface area contributed by atoms with Gasteiger partial charge in [0.25, 0.3) is 5.91 Å². The molecule has 13 heteroatoms. The van der Waals surface area contributed by atoms with Crippen LogP contribution in [0.5, 0.6) is 5.88 Å². The molecule has 2 aromatic rings. The first-order valence-corrected chi connectivity index (χ1v) is 11.9. The van der Waals surface area contributed by atoms with E-state index in [2.05, 4.69) is 25.0 Å². The second kappa shape index (κ2) is 9.22. The fourth-order valence-electron chi connectivity index (χ4n) is 3.74. The van der Waals surface area contributed by atoms with Crippen molar-refractivity contribution in [3.8, 4) is 5.88 Å². The molecule has 1 aromatic heterocycles. The van der Waals surface area contributed by atoms with E-state index in [1.807, 2.05) is 0 Å². The first kappa shape index (κ1) is 25.4. The molecule has 34 heavy (non-hydrogen) atoms. The Morgan fingerprint density at radius 2 is 2.00 bits per heavy atom. The Kier molecular flexibility index (Phi) is 6.90. The summed E-state index contributed by atoms with van der Waals surface area (Å²) in [7, 11) is -2.27. The number of aliphatic imine (C=N–C) groups is 1. The maximum absolute atomic E-state index is 15.0. The Bertz CT molecular complexity index is 1220. The Morgan fingerprint density at radius 3 is 2.56 bits per heavy atom. The predicted octanol–water partition coefficient (Wildman–Crippen LogP) is 1.97. The van der Waals surface area contributed by atoms with Crippen molar-refractivity contribution in [2.75, 3.05) is 25.5 Å². The first-order chi connectivity index (χ1) is 15.9. The largest absolute Gasteiger partial charge is 0.445 e. The number of amidine groups is 1. The average Bonchev–Trinajstić information content (AvgIpc) is 2.77. The Labute approximate surface area is 195 Å². The number of halogens is 2. The number of sulfone groups is 1. The number of nitrogens with one attached hydrogen (secondary N) is 1. The summed E-state index contributed by atoms with van der Waals surface area (Å²) in [5.74, 6) is -1.54. The van der Waals surface area contributed by atoms with E-state index in [1.54, 1.807) is 6.92 Å². The van der Waals surface area contributed by atoms with Gasteiger partial charge in [-0.3, -0.25) is 9.79 Å². The molecular weight excluding hydrogens is 472 g/mol. The van der Waals surface area contributed by atoms with Crippen LogP contribution in [0.4, 0.5) is 14.5 Å². The van der Waals surface area contributed by atoms with Crippen molar-refractivity contribution in [1.82, 2.24) is 9.97 Å². The van der Waals surface area contributed by atoms with E-state index in [0.717, 1.165) is 24.7 Å². The summed E-state index contributed by atoms with van der Waals surface area (Å²) >= 11 is 0. The van der Waals surface area contributed by atoms with E-state index in [0.29, 0.717) is 0 Å². The van der Waals surface area contributed by atoms with Gasteiger partial charge >= 0.3 is 0 Å². The average molecular weight is 498 g/mol. The zero-order valence-corrected chi connectivity index (χ0v) is 19.8. The van der Waals surface area contributed by atoms with E-state index in [1.165, 1.54) is 26.2 Å². The molecule has 0 aliphatic carbocycles. The number of aromatic nitrogens is 2. The van der Waals surface area contributed by atoms with Crippen LogP contribution in [0.15, 0.2) is 35.6 Å². The quantitative estimate of drug-likeness (QED) is 0.590. The number of hydrogen-bond donors (Lipinski definition) is 2. The minimum atomic E-state index is -3.65. The zero-order valence-electron chi connectivity index (χ0n) is 19.0. The highest BCUT2D eigenvalue weighted by Crippen LogP contribution is 2.43. The smallest absolute Gasteiger partial charge is 0.275 e. The molecule has 3 rings (SSSR count). The number of amides is 1. The van der Waals surface area contributed by atoms with E-state index in [9.17, 15) is 22.0 Å². The summed E-state index contributed by atoms with van der Waals surface area (Å²) in [6.45, 7) is 1.94. The molecule has 2 heterocycles. The first-order valence-electron chi connectivity index (χ1n) is 10.1. The van der Waals surface area contributed by atoms with E-state index >= 15 is 0 Å². The summed E-state index contributed by atoms with van der Waals surface area (Å²) in [5, 5.41) is 2.58. The minimum absolute atomic E-state index is 0.0485. The molecule has 1 aliphatic rings. The van der Waals surface area contributed by atoms with Gasteiger partial charge in [-0.2, -0.15) is 0 Å². The third kappa shape index (κ3) is 4.57. The number of ether oxygens (including phenoxy) is 2. The molecule has 0 radical (unpaired) electrons. The SMILES string of the molecule is CO[C@@H]1C[C@](C)(S(C)(=O)=O)C(N)=N[C@]1(C)c1cc(NC(=O)c2cnc(OCF)cn2)ccc1F. The molecule has 0 spiro atoms. The van der Waals surface area contributed by atoms with Crippen molar-refractivity contribution in [3.63, 3.8) is 0 Å². The number of benzene rings is 1. The molecule has 0 bridgehead atoms. The van der Waals surface area contributed by atoms with Crippen LogP contribution in [0.25, 0.3) is 0 Å². The van der Waals surface area contributed by atoms with Crippen LogP contribution < -0.4 is 15.8 Å². The molecule has 0 saturated heterocycles. The topological polar surface area (TPSA) is 146 Å². The molecule has 1 aliphatic heterocycles. The molecule has 184 valence electrons. The number of alkyl halides is 1. The van der Waals surface area contributed by atoms with Crippen molar-refractivity contribution in [3.05, 3.63) is 47.7 Å². The third-order valence-corrected chi connectivity index (χ3v) is 8.04. The van der Waals surface area contributed by atoms with Crippen LogP contribution in [0.3, 0.4) is 0 Å². The van der Waals surface area contributed by atoms with Crippen molar-refractivity contribution in [2.45, 2.75) is 36.7 Å². The van der Waals surface area contributed by atoms with Gasteiger partial charge in [0, 0.05) is 31.0 Å². The van der Waals surface area contributed by atoms with Crippen LogP contribution in [0.1, 0.15) is 36.3 Å². The van der Waals surface area contributed by atoms with Gasteiger partial charge in [0.1, 0.15) is 27.6 Å². The number of rotatable bonds is 7. The molecule has 1 amide bonds. The van der Waals surface area contributed by atoms with Crippen LogP contribution >= 0.6 is 0 Å². The molecule has 3 atom stereocenters. The number of methoxy groups -OCH3 is 1. The van der Waals surface area contributed by atoms with Crippen LogP contribution in [0, 0.1) is 5.82 Å². The van der Waals surface area contributed by atoms with Crippen LogP contribution in [0.2, 0.25) is 0 Å². The lowest BCUT2D eigenvalue weighted by Gasteiger charge is -2.44. The van der Waals surface area contributed by atoms with Gasteiger partial charge in [-0.15, -0.1) is 0 Å². The normalized spacial score (nSPS) is 24.9. The summed E-state index contributed by atoms with van der Waals surface area (Å²) in [4.78, 5) is 24.6. The Balaban J connectivity index is 1.97. The molecule has 3 N–H and O–H groups in total. The molecule has 0 unspecified atom stereocenters. The minimum Gasteiger partial charge on any atom is -0.445 e. The molecule has 0 saturated carbocycles. The zero-order chi connectivity index (χ0) is 25.3. The standard InChI is InChI=1S/C21H25F2N5O5S/c1-20(34(4,30)31)8-16(32-3)21(2,28-19(20)24)13-7-12(5-6-14(13)23)27-18(29)15-9-26-17(10-25-15)33-11-22/h5-7,9-10,16H,8,11H2,1-4H3,(H2,24,28)(H,27,29)/t16-,20+,21-/m1/s1. The van der Waals surface area contributed by atoms with Gasteiger partial charge in [-0.05, 0) is 32.0 Å². The van der Waals surface area contributed by atoms with E-state index < -0.39 is 44.8 Å². The van der Waals surface area contributed by atoms with Crippen molar-refractivity contribution >= 4 is 27.3 Å². The highest BCUT2D eigenvalue weighted by molar-refractivity contribution is 7.92. The highest BCUT2D eigenvalue weighted by atomic mass is 32.2. The fourth-order valence-corrected chi connectivity index (χ4v) is 4.61. The monoisotopic (exact) mass is 497 g/mol. The van der Waals surface area contributed by atoms with Crippen molar-refractivity contribution in [1.29, 1.82) is 0 Å². The lowest BCUT2D eigenvalue weighted by Crippen LogP contribution is -2.58. The van der Waals surface area contributed by atoms with Crippen LogP contribution in [-0.2, 0) is 20.1 Å². The maximum atomic E-state index is 15.0. The molecular formula is C21H25F2N5O5S. The van der Waals surface area contributed by atoms with Gasteiger partial charge < -0.3 is 20.5 Å². The summed E-state index contributed by atoms with van der Waals surface area (Å²) < 4.78 is 60.6. The number of carbonyl (C=O) groups excluding carboxylic acids is 1. The maximum Gasteiger partial charge on any atom is 0.275 e. The van der Waals surface area contributed by atoms with E-state index in [-0.39, 0.29) is 35.1 Å². The summed E-state index contributed by atoms with van der Waals surface area (Å²) in [6.07, 6.45) is 2.36. The second-order valence-electron chi connectivity index (χ2n) is 8.22. The summed E-state index contributed by atoms with van der Waals surface area (Å²) in [5.41, 5.74) is 4.89. The van der Waals surface area contributed by atoms with Crippen molar-refractivity contribution in [2.24, 2.45) is 10.7 Å². The summed E-state index contributed by atoms with van der Waals surface area (Å²) in [6, 6.07) is 3.85. The Hall–Kier alpha value is -3.19. The van der Waals surface area contributed by atoms with Gasteiger partial charge in [-0.1, -0.05) is 0 Å². The van der Waals surface area contributed by atoms with Gasteiger partial charge in [0.05, 0.1) is 18.5 Å². The molecule has 10 nitrogen and oxygen atoms in total. The van der Waals surface area contributed by atoms with Gasteiger partial charge in [0.15, 0.2) is 9.84 Å². The fraction of sp³-hybridized carbons (Fsp3) is 0.429. The number of nitrogens with zero attached hydrogens (tertiary/aromatic N) is 3. The third-order valence-electron chi connectivity index (χ3n) is 6.03. The number of hydrogen-bond acceptors (Lipinski definition) is 9.